The molecule has 2 rings (SSSR count). The quantitative estimate of drug-likeness (QED) is 0.721. The number of aromatic nitrogens is 3. The molecular formula is C13H17N5. The second-order valence-corrected chi connectivity index (χ2v) is 3.91. The van der Waals surface area contributed by atoms with Crippen molar-refractivity contribution in [3.8, 4) is 0 Å². The average Bonchev–Trinajstić information content (AvgIpc) is 2.45. The van der Waals surface area contributed by atoms with E-state index in [2.05, 4.69) is 31.7 Å². The Kier molecular flexibility index (Phi) is 5.08. The zero-order chi connectivity index (χ0) is 12.5. The normalized spacial score (nSPS) is 10.2. The summed E-state index contributed by atoms with van der Waals surface area (Å²) in [6.07, 6.45) is 9.78. The summed E-state index contributed by atoms with van der Waals surface area (Å²) in [7, 11) is 0. The molecule has 5 heteroatoms. The van der Waals surface area contributed by atoms with Crippen LogP contribution in [0.5, 0.6) is 0 Å². The molecule has 0 saturated carbocycles. The minimum Gasteiger partial charge on any atom is -0.369 e. The van der Waals surface area contributed by atoms with E-state index in [1.54, 1.807) is 24.8 Å². The molecule has 2 aromatic rings. The van der Waals surface area contributed by atoms with E-state index in [1.165, 1.54) is 5.56 Å². The molecule has 0 aromatic carbocycles. The van der Waals surface area contributed by atoms with Gasteiger partial charge in [0.25, 0.3) is 0 Å². The Hall–Kier alpha value is -2.01. The van der Waals surface area contributed by atoms with Gasteiger partial charge in [-0.15, -0.1) is 0 Å². The zero-order valence-corrected chi connectivity index (χ0v) is 10.2. The summed E-state index contributed by atoms with van der Waals surface area (Å²) >= 11 is 0. The summed E-state index contributed by atoms with van der Waals surface area (Å²) in [4.78, 5) is 12.2. The highest BCUT2D eigenvalue weighted by Gasteiger charge is 1.93. The Labute approximate surface area is 107 Å². The second kappa shape index (κ2) is 7.34. The van der Waals surface area contributed by atoms with Crippen LogP contribution in [0, 0.1) is 0 Å². The summed E-state index contributed by atoms with van der Waals surface area (Å²) in [5.74, 6) is 0.824. The fraction of sp³-hybridized carbons (Fsp3) is 0.308. The first-order chi connectivity index (χ1) is 8.95. The van der Waals surface area contributed by atoms with Crippen molar-refractivity contribution in [3.63, 3.8) is 0 Å². The van der Waals surface area contributed by atoms with E-state index >= 15 is 0 Å². The molecular weight excluding hydrogens is 226 g/mol. The van der Waals surface area contributed by atoms with Crippen molar-refractivity contribution in [1.29, 1.82) is 0 Å². The molecule has 0 spiro atoms. The largest absolute Gasteiger partial charge is 0.369 e. The van der Waals surface area contributed by atoms with Crippen molar-refractivity contribution in [1.82, 2.24) is 20.3 Å². The van der Waals surface area contributed by atoms with Gasteiger partial charge in [-0.05, 0) is 24.6 Å². The SMILES string of the molecule is c1cncc(CNCCCNc2cnccn2)c1. The van der Waals surface area contributed by atoms with Crippen molar-refractivity contribution in [2.75, 3.05) is 18.4 Å². The van der Waals surface area contributed by atoms with Crippen molar-refractivity contribution in [3.05, 3.63) is 48.7 Å². The number of rotatable bonds is 7. The van der Waals surface area contributed by atoms with Gasteiger partial charge in [0, 0.05) is 37.9 Å². The Morgan fingerprint density at radius 2 is 1.94 bits per heavy atom. The van der Waals surface area contributed by atoms with Crippen molar-refractivity contribution < 1.29 is 0 Å². The summed E-state index contributed by atoms with van der Waals surface area (Å²) in [6.45, 7) is 2.71. The van der Waals surface area contributed by atoms with E-state index in [-0.39, 0.29) is 0 Å². The summed E-state index contributed by atoms with van der Waals surface area (Å²) < 4.78 is 0. The molecule has 0 radical (unpaired) electrons. The lowest BCUT2D eigenvalue weighted by Gasteiger charge is -2.06. The molecule has 2 N–H and O–H groups in total. The maximum Gasteiger partial charge on any atom is 0.144 e. The Balaban J connectivity index is 1.54. The molecule has 0 aliphatic rings. The fourth-order valence-corrected chi connectivity index (χ4v) is 1.56. The minimum atomic E-state index is 0.824. The van der Waals surface area contributed by atoms with Gasteiger partial charge in [0.1, 0.15) is 5.82 Å². The van der Waals surface area contributed by atoms with Crippen molar-refractivity contribution >= 4 is 5.82 Å². The van der Waals surface area contributed by atoms with E-state index < -0.39 is 0 Å². The standard InChI is InChI=1S/C13H17N5/c1-3-12(9-14-4-1)10-15-5-2-6-17-13-11-16-7-8-18-13/h1,3-4,7-9,11,15H,2,5-6,10H2,(H,17,18). The lowest BCUT2D eigenvalue weighted by molar-refractivity contribution is 0.661. The molecule has 2 heterocycles. The monoisotopic (exact) mass is 243 g/mol. The molecule has 0 bridgehead atoms. The maximum absolute atomic E-state index is 4.14. The maximum atomic E-state index is 4.14. The van der Waals surface area contributed by atoms with Gasteiger partial charge in [-0.3, -0.25) is 9.97 Å². The highest BCUT2D eigenvalue weighted by atomic mass is 15.0. The van der Waals surface area contributed by atoms with Gasteiger partial charge in [0.15, 0.2) is 0 Å². The van der Waals surface area contributed by atoms with Gasteiger partial charge in [-0.25, -0.2) is 4.98 Å². The number of hydrogen-bond acceptors (Lipinski definition) is 5. The number of nitrogens with one attached hydrogen (secondary N) is 2. The van der Waals surface area contributed by atoms with Gasteiger partial charge in [0.05, 0.1) is 6.20 Å². The van der Waals surface area contributed by atoms with Crippen LogP contribution in [0.25, 0.3) is 0 Å². The lowest BCUT2D eigenvalue weighted by atomic mass is 10.3. The predicted molar refractivity (Wildman–Crippen MR) is 71.1 cm³/mol. The van der Waals surface area contributed by atoms with Crippen molar-refractivity contribution in [2.24, 2.45) is 0 Å². The number of anilines is 1. The first kappa shape index (κ1) is 12.4. The van der Waals surface area contributed by atoms with E-state index in [4.69, 9.17) is 0 Å². The van der Waals surface area contributed by atoms with E-state index in [1.807, 2.05) is 12.3 Å². The van der Waals surface area contributed by atoms with Crippen molar-refractivity contribution in [2.45, 2.75) is 13.0 Å². The zero-order valence-electron chi connectivity index (χ0n) is 10.2. The van der Waals surface area contributed by atoms with Crippen LogP contribution < -0.4 is 10.6 Å². The van der Waals surface area contributed by atoms with E-state index in [0.717, 1.165) is 31.9 Å². The average molecular weight is 243 g/mol. The van der Waals surface area contributed by atoms with Gasteiger partial charge in [-0.2, -0.15) is 0 Å². The third-order valence-corrected chi connectivity index (χ3v) is 2.45. The van der Waals surface area contributed by atoms with Crippen LogP contribution in [0.3, 0.4) is 0 Å². The molecule has 0 atom stereocenters. The predicted octanol–water partition coefficient (Wildman–Crippen LogP) is 1.46. The lowest BCUT2D eigenvalue weighted by Crippen LogP contribution is -2.17. The number of nitrogens with zero attached hydrogens (tertiary/aromatic N) is 3. The van der Waals surface area contributed by atoms with Gasteiger partial charge in [-0.1, -0.05) is 6.07 Å². The molecule has 2 aromatic heterocycles. The molecule has 0 amide bonds. The summed E-state index contributed by atoms with van der Waals surface area (Å²) in [6, 6.07) is 4.02. The van der Waals surface area contributed by atoms with Crippen LogP contribution in [0.15, 0.2) is 43.1 Å². The molecule has 5 nitrogen and oxygen atoms in total. The third-order valence-electron chi connectivity index (χ3n) is 2.45. The second-order valence-electron chi connectivity index (χ2n) is 3.91. The third kappa shape index (κ3) is 4.47. The van der Waals surface area contributed by atoms with Gasteiger partial charge >= 0.3 is 0 Å². The van der Waals surface area contributed by atoms with E-state index in [9.17, 15) is 0 Å². The first-order valence-electron chi connectivity index (χ1n) is 6.04. The molecule has 0 fully saturated rings. The Morgan fingerprint density at radius 1 is 1.00 bits per heavy atom. The molecule has 94 valence electrons. The molecule has 0 aliphatic carbocycles. The summed E-state index contributed by atoms with van der Waals surface area (Å²) in [5.41, 5.74) is 1.21. The highest BCUT2D eigenvalue weighted by molar-refractivity contribution is 5.29. The Bertz CT molecular complexity index is 388. The number of pyridine rings is 1. The first-order valence-corrected chi connectivity index (χ1v) is 6.04. The molecule has 0 aliphatic heterocycles. The highest BCUT2D eigenvalue weighted by Crippen LogP contribution is 1.97. The summed E-state index contributed by atoms with van der Waals surface area (Å²) in [5, 5.41) is 6.59. The van der Waals surface area contributed by atoms with Crippen LogP contribution in [-0.4, -0.2) is 28.0 Å². The Morgan fingerprint density at radius 3 is 2.72 bits per heavy atom. The van der Waals surface area contributed by atoms with Gasteiger partial charge in [0.2, 0.25) is 0 Å². The van der Waals surface area contributed by atoms with Crippen LogP contribution in [0.2, 0.25) is 0 Å². The fourth-order valence-electron chi connectivity index (χ4n) is 1.56. The topological polar surface area (TPSA) is 62.7 Å². The van der Waals surface area contributed by atoms with E-state index in [0.29, 0.717) is 0 Å². The molecule has 18 heavy (non-hydrogen) atoms. The minimum absolute atomic E-state index is 0.824. The van der Waals surface area contributed by atoms with Crippen LogP contribution in [0.4, 0.5) is 5.82 Å². The molecule has 0 unspecified atom stereocenters. The number of hydrogen-bond donors (Lipinski definition) is 2. The van der Waals surface area contributed by atoms with Crippen LogP contribution in [0.1, 0.15) is 12.0 Å². The van der Waals surface area contributed by atoms with Crippen LogP contribution >= 0.6 is 0 Å². The van der Waals surface area contributed by atoms with Gasteiger partial charge < -0.3 is 10.6 Å². The van der Waals surface area contributed by atoms with Crippen LogP contribution in [-0.2, 0) is 6.54 Å². The molecule has 0 saturated heterocycles. The smallest absolute Gasteiger partial charge is 0.144 e.